The van der Waals surface area contributed by atoms with Gasteiger partial charge in [-0.3, -0.25) is 0 Å². The summed E-state index contributed by atoms with van der Waals surface area (Å²) >= 11 is 0. The first kappa shape index (κ1) is 8.69. The van der Waals surface area contributed by atoms with Crippen molar-refractivity contribution in [1.82, 2.24) is 0 Å². The molecule has 3 nitrogen and oxygen atoms in total. The highest BCUT2D eigenvalue weighted by Gasteiger charge is 2.08. The number of furan rings is 1. The van der Waals surface area contributed by atoms with Crippen LogP contribution in [0.3, 0.4) is 0 Å². The zero-order valence-corrected chi connectivity index (χ0v) is 6.83. The molecule has 0 fully saturated rings. The zero-order valence-electron chi connectivity index (χ0n) is 6.83. The first-order chi connectivity index (χ1) is 5.81. The van der Waals surface area contributed by atoms with Gasteiger partial charge in [-0.25, -0.2) is 0 Å². The maximum atomic E-state index is 8.81. The third kappa shape index (κ3) is 1.60. The Bertz CT molecular complexity index is 272. The Morgan fingerprint density at radius 1 is 1.75 bits per heavy atom. The number of methoxy groups -OCH3 is 1. The topological polar surface area (TPSA) is 42.6 Å². The summed E-state index contributed by atoms with van der Waals surface area (Å²) in [5.74, 6) is 4.04. The van der Waals surface area contributed by atoms with Crippen LogP contribution in [0.15, 0.2) is 10.5 Å². The second-order valence-electron chi connectivity index (χ2n) is 2.24. The van der Waals surface area contributed by atoms with Gasteiger partial charge in [0.05, 0.1) is 13.5 Å². The van der Waals surface area contributed by atoms with Crippen LogP contribution in [0, 0.1) is 12.3 Å². The summed E-state index contributed by atoms with van der Waals surface area (Å²) in [7, 11) is 1.52. The van der Waals surface area contributed by atoms with Crippen LogP contribution in [0.2, 0.25) is 0 Å². The molecule has 0 aliphatic carbocycles. The Morgan fingerprint density at radius 2 is 2.50 bits per heavy atom. The van der Waals surface area contributed by atoms with Crippen molar-refractivity contribution in [3.8, 4) is 18.1 Å². The molecule has 1 aromatic heterocycles. The van der Waals surface area contributed by atoms with E-state index < -0.39 is 0 Å². The minimum absolute atomic E-state index is 0.173. The maximum absolute atomic E-state index is 8.81. The molecule has 3 heteroatoms. The van der Waals surface area contributed by atoms with Crippen molar-refractivity contribution >= 4 is 0 Å². The summed E-state index contributed by atoms with van der Waals surface area (Å²) in [5, 5.41) is 8.81. The Kier molecular flexibility index (Phi) is 2.78. The average molecular weight is 166 g/mol. The standard InChI is InChI=1S/C9H10O3/c1-3-4-7-5-8(11-2)9(6-10)12-7/h1,5,10H,4,6H2,2H3. The number of aliphatic hydroxyl groups is 1. The first-order valence-corrected chi connectivity index (χ1v) is 3.51. The first-order valence-electron chi connectivity index (χ1n) is 3.51. The highest BCUT2D eigenvalue weighted by molar-refractivity contribution is 5.29. The molecule has 0 spiro atoms. The molecule has 1 aromatic rings. The second kappa shape index (κ2) is 3.84. The van der Waals surface area contributed by atoms with Gasteiger partial charge in [0, 0.05) is 6.07 Å². The summed E-state index contributed by atoms with van der Waals surface area (Å²) in [6, 6.07) is 1.69. The van der Waals surface area contributed by atoms with Crippen molar-refractivity contribution in [3.63, 3.8) is 0 Å². The lowest BCUT2D eigenvalue weighted by molar-refractivity contribution is 0.235. The van der Waals surface area contributed by atoms with Gasteiger partial charge in [-0.05, 0) is 0 Å². The Hall–Kier alpha value is -1.40. The minimum Gasteiger partial charge on any atom is -0.493 e. The predicted octanol–water partition coefficient (Wildman–Crippen LogP) is 0.956. The van der Waals surface area contributed by atoms with Gasteiger partial charge in [-0.15, -0.1) is 6.42 Å². The predicted molar refractivity (Wildman–Crippen MR) is 43.7 cm³/mol. The van der Waals surface area contributed by atoms with Crippen LogP contribution >= 0.6 is 0 Å². The van der Waals surface area contributed by atoms with Gasteiger partial charge in [-0.2, -0.15) is 0 Å². The smallest absolute Gasteiger partial charge is 0.171 e. The molecule has 1 rings (SSSR count). The summed E-state index contributed by atoms with van der Waals surface area (Å²) in [4.78, 5) is 0. The number of hydrogen-bond acceptors (Lipinski definition) is 3. The largest absolute Gasteiger partial charge is 0.493 e. The number of rotatable bonds is 3. The normalized spacial score (nSPS) is 9.42. The fraction of sp³-hybridized carbons (Fsp3) is 0.333. The van der Waals surface area contributed by atoms with Crippen LogP contribution in [0.4, 0.5) is 0 Å². The molecule has 64 valence electrons. The Morgan fingerprint density at radius 3 is 2.92 bits per heavy atom. The van der Waals surface area contributed by atoms with E-state index in [0.717, 1.165) is 0 Å². The molecule has 0 aliphatic heterocycles. The fourth-order valence-electron chi connectivity index (χ4n) is 0.935. The molecule has 0 radical (unpaired) electrons. The van der Waals surface area contributed by atoms with E-state index in [4.69, 9.17) is 20.7 Å². The van der Waals surface area contributed by atoms with Gasteiger partial charge >= 0.3 is 0 Å². The Balaban J connectivity index is 2.91. The van der Waals surface area contributed by atoms with Gasteiger partial charge < -0.3 is 14.3 Å². The van der Waals surface area contributed by atoms with Crippen LogP contribution in [-0.2, 0) is 13.0 Å². The van der Waals surface area contributed by atoms with Crippen LogP contribution in [0.25, 0.3) is 0 Å². The summed E-state index contributed by atoms with van der Waals surface area (Å²) in [5.41, 5.74) is 0. The molecule has 0 bridgehead atoms. The van der Waals surface area contributed by atoms with Crippen LogP contribution in [-0.4, -0.2) is 12.2 Å². The number of hydrogen-bond donors (Lipinski definition) is 1. The van der Waals surface area contributed by atoms with E-state index in [9.17, 15) is 0 Å². The lowest BCUT2D eigenvalue weighted by Crippen LogP contribution is -1.85. The van der Waals surface area contributed by atoms with Gasteiger partial charge in [-0.1, -0.05) is 5.92 Å². The highest BCUT2D eigenvalue weighted by Crippen LogP contribution is 2.23. The van der Waals surface area contributed by atoms with Crippen molar-refractivity contribution in [3.05, 3.63) is 17.6 Å². The van der Waals surface area contributed by atoms with Crippen molar-refractivity contribution in [2.75, 3.05) is 7.11 Å². The van der Waals surface area contributed by atoms with Crippen molar-refractivity contribution in [2.24, 2.45) is 0 Å². The number of ether oxygens (including phenoxy) is 1. The molecule has 0 aromatic carbocycles. The fourth-order valence-corrected chi connectivity index (χ4v) is 0.935. The summed E-state index contributed by atoms with van der Waals surface area (Å²) < 4.78 is 10.1. The average Bonchev–Trinajstić information content (AvgIpc) is 2.48. The molecule has 0 saturated carbocycles. The highest BCUT2D eigenvalue weighted by atomic mass is 16.5. The third-order valence-electron chi connectivity index (χ3n) is 1.46. The molecular weight excluding hydrogens is 156 g/mol. The molecule has 1 N–H and O–H groups in total. The van der Waals surface area contributed by atoms with Crippen molar-refractivity contribution < 1.29 is 14.3 Å². The number of terminal acetylenes is 1. The van der Waals surface area contributed by atoms with Crippen molar-refractivity contribution in [1.29, 1.82) is 0 Å². The van der Waals surface area contributed by atoms with E-state index in [1.807, 2.05) is 0 Å². The lowest BCUT2D eigenvalue weighted by atomic mass is 10.3. The molecule has 0 amide bonds. The monoisotopic (exact) mass is 166 g/mol. The summed E-state index contributed by atoms with van der Waals surface area (Å²) in [6.07, 6.45) is 5.50. The van der Waals surface area contributed by atoms with E-state index in [1.54, 1.807) is 6.07 Å². The second-order valence-corrected chi connectivity index (χ2v) is 2.24. The van der Waals surface area contributed by atoms with Gasteiger partial charge in [0.25, 0.3) is 0 Å². The molecule has 0 atom stereocenters. The molecular formula is C9H10O3. The molecule has 12 heavy (non-hydrogen) atoms. The SMILES string of the molecule is C#CCc1cc(OC)c(CO)o1. The molecule has 0 saturated heterocycles. The van der Waals surface area contributed by atoms with Crippen LogP contribution < -0.4 is 4.74 Å². The van der Waals surface area contributed by atoms with Crippen LogP contribution in [0.5, 0.6) is 5.75 Å². The van der Waals surface area contributed by atoms with E-state index in [2.05, 4.69) is 5.92 Å². The maximum Gasteiger partial charge on any atom is 0.171 e. The Labute approximate surface area is 71.0 Å². The van der Waals surface area contributed by atoms with Gasteiger partial charge in [0.2, 0.25) is 0 Å². The van der Waals surface area contributed by atoms with E-state index in [0.29, 0.717) is 23.7 Å². The summed E-state index contributed by atoms with van der Waals surface area (Å²) in [6.45, 7) is -0.173. The molecule has 0 aliphatic rings. The zero-order chi connectivity index (χ0) is 8.97. The van der Waals surface area contributed by atoms with Gasteiger partial charge in [0.1, 0.15) is 12.4 Å². The van der Waals surface area contributed by atoms with E-state index in [-0.39, 0.29) is 6.61 Å². The quantitative estimate of drug-likeness (QED) is 0.680. The third-order valence-corrected chi connectivity index (χ3v) is 1.46. The van der Waals surface area contributed by atoms with Crippen molar-refractivity contribution in [2.45, 2.75) is 13.0 Å². The van der Waals surface area contributed by atoms with Gasteiger partial charge in [0.15, 0.2) is 11.5 Å². The number of aliphatic hydroxyl groups excluding tert-OH is 1. The van der Waals surface area contributed by atoms with E-state index in [1.165, 1.54) is 7.11 Å². The molecule has 0 unspecified atom stereocenters. The minimum atomic E-state index is -0.173. The van der Waals surface area contributed by atoms with E-state index >= 15 is 0 Å². The van der Waals surface area contributed by atoms with Crippen LogP contribution in [0.1, 0.15) is 11.5 Å². The molecule has 1 heterocycles. The lowest BCUT2D eigenvalue weighted by Gasteiger charge is -1.94.